The van der Waals surface area contributed by atoms with Gasteiger partial charge in [0.05, 0.1) is 17.7 Å². The quantitative estimate of drug-likeness (QED) is 0.680. The summed E-state index contributed by atoms with van der Waals surface area (Å²) in [7, 11) is 0. The standard InChI is InChI=1S/C15H16ClN3O4/c1-15(2,3)12-7-17-13(23-12)8-18-14(20)9-4-5-11(19(21)22)10(16)6-9/h4-7H,8H2,1-3H3,(H,18,20). The van der Waals surface area contributed by atoms with Crippen molar-refractivity contribution < 1.29 is 14.1 Å². The fourth-order valence-corrected chi connectivity index (χ4v) is 2.04. The van der Waals surface area contributed by atoms with Crippen molar-refractivity contribution in [2.45, 2.75) is 32.7 Å². The van der Waals surface area contributed by atoms with Gasteiger partial charge in [-0.3, -0.25) is 14.9 Å². The van der Waals surface area contributed by atoms with Crippen LogP contribution in [0.3, 0.4) is 0 Å². The van der Waals surface area contributed by atoms with Gasteiger partial charge >= 0.3 is 0 Å². The number of oxazole rings is 1. The molecule has 1 N–H and O–H groups in total. The zero-order valence-corrected chi connectivity index (χ0v) is 13.7. The maximum Gasteiger partial charge on any atom is 0.287 e. The molecule has 0 spiro atoms. The molecule has 0 bridgehead atoms. The highest BCUT2D eigenvalue weighted by molar-refractivity contribution is 6.33. The molecule has 1 amide bonds. The maximum absolute atomic E-state index is 12.0. The zero-order valence-electron chi connectivity index (χ0n) is 12.9. The van der Waals surface area contributed by atoms with Crippen LogP contribution in [0.5, 0.6) is 0 Å². The number of amides is 1. The summed E-state index contributed by atoms with van der Waals surface area (Å²) in [6.45, 7) is 6.10. The molecule has 0 aliphatic carbocycles. The number of rotatable bonds is 4. The minimum Gasteiger partial charge on any atom is -0.443 e. The normalized spacial score (nSPS) is 11.3. The largest absolute Gasteiger partial charge is 0.443 e. The second-order valence-corrected chi connectivity index (χ2v) is 6.38. The van der Waals surface area contributed by atoms with Crippen LogP contribution in [0.25, 0.3) is 0 Å². The highest BCUT2D eigenvalue weighted by Gasteiger charge is 2.20. The number of aromatic nitrogens is 1. The van der Waals surface area contributed by atoms with E-state index in [9.17, 15) is 14.9 Å². The van der Waals surface area contributed by atoms with Crippen molar-refractivity contribution in [3.63, 3.8) is 0 Å². The number of nitro groups is 1. The second-order valence-electron chi connectivity index (χ2n) is 5.97. The van der Waals surface area contributed by atoms with Crippen LogP contribution in [0.1, 0.15) is 42.8 Å². The number of hydrogen-bond acceptors (Lipinski definition) is 5. The van der Waals surface area contributed by atoms with Gasteiger partial charge in [-0.1, -0.05) is 32.4 Å². The molecule has 2 rings (SSSR count). The van der Waals surface area contributed by atoms with E-state index in [0.29, 0.717) is 5.89 Å². The predicted octanol–water partition coefficient (Wildman–Crippen LogP) is 3.46. The number of carbonyl (C=O) groups is 1. The molecule has 0 aliphatic heterocycles. The number of benzene rings is 1. The van der Waals surface area contributed by atoms with Crippen LogP contribution in [0.4, 0.5) is 5.69 Å². The molecule has 0 radical (unpaired) electrons. The summed E-state index contributed by atoms with van der Waals surface area (Å²) in [5.74, 6) is 0.689. The monoisotopic (exact) mass is 337 g/mol. The Bertz CT molecular complexity index is 749. The Labute approximate surface area is 137 Å². The van der Waals surface area contributed by atoms with E-state index in [4.69, 9.17) is 16.0 Å². The summed E-state index contributed by atoms with van der Waals surface area (Å²) in [5.41, 5.74) is -0.185. The Morgan fingerprint density at radius 1 is 1.43 bits per heavy atom. The summed E-state index contributed by atoms with van der Waals surface area (Å²) in [4.78, 5) is 26.2. The maximum atomic E-state index is 12.0. The van der Waals surface area contributed by atoms with Crippen LogP contribution in [0.2, 0.25) is 5.02 Å². The summed E-state index contributed by atoms with van der Waals surface area (Å²) in [5, 5.41) is 13.2. The molecule has 1 aromatic carbocycles. The van der Waals surface area contributed by atoms with Gasteiger partial charge in [-0.25, -0.2) is 4.98 Å². The Balaban J connectivity index is 2.04. The first-order valence-electron chi connectivity index (χ1n) is 6.86. The van der Waals surface area contributed by atoms with Crippen molar-refractivity contribution in [3.8, 4) is 0 Å². The summed E-state index contributed by atoms with van der Waals surface area (Å²) < 4.78 is 5.57. The van der Waals surface area contributed by atoms with Gasteiger partial charge in [-0.15, -0.1) is 0 Å². The van der Waals surface area contributed by atoms with Crippen molar-refractivity contribution in [1.82, 2.24) is 10.3 Å². The van der Waals surface area contributed by atoms with Crippen LogP contribution in [0.15, 0.2) is 28.8 Å². The van der Waals surface area contributed by atoms with E-state index in [-0.39, 0.29) is 28.2 Å². The van der Waals surface area contributed by atoms with E-state index in [0.717, 1.165) is 5.76 Å². The minimum absolute atomic E-state index is 0.0891. The van der Waals surface area contributed by atoms with E-state index >= 15 is 0 Å². The molecule has 1 heterocycles. The molecule has 0 unspecified atom stereocenters. The van der Waals surface area contributed by atoms with Gasteiger partial charge in [0.1, 0.15) is 10.8 Å². The second kappa shape index (κ2) is 6.37. The number of carbonyl (C=O) groups excluding carboxylic acids is 1. The molecule has 7 nitrogen and oxygen atoms in total. The minimum atomic E-state index is -0.606. The van der Waals surface area contributed by atoms with Crippen molar-refractivity contribution in [2.75, 3.05) is 0 Å². The lowest BCUT2D eigenvalue weighted by Gasteiger charge is -2.13. The smallest absolute Gasteiger partial charge is 0.287 e. The van der Waals surface area contributed by atoms with Gasteiger partial charge in [-0.2, -0.15) is 0 Å². The van der Waals surface area contributed by atoms with Crippen LogP contribution < -0.4 is 5.32 Å². The van der Waals surface area contributed by atoms with Gasteiger partial charge in [0, 0.05) is 17.0 Å². The molecule has 2 aromatic rings. The average Bonchev–Trinajstić information content (AvgIpc) is 2.93. The van der Waals surface area contributed by atoms with Crippen molar-refractivity contribution in [2.24, 2.45) is 0 Å². The molecule has 0 atom stereocenters. The Morgan fingerprint density at radius 2 is 2.13 bits per heavy atom. The summed E-state index contributed by atoms with van der Waals surface area (Å²) in [6.07, 6.45) is 1.63. The first-order valence-corrected chi connectivity index (χ1v) is 7.23. The summed E-state index contributed by atoms with van der Waals surface area (Å²) in [6, 6.07) is 3.79. The lowest BCUT2D eigenvalue weighted by atomic mass is 9.94. The SMILES string of the molecule is CC(C)(C)c1cnc(CNC(=O)c2ccc([N+](=O)[O-])c(Cl)c2)o1. The molecule has 0 saturated heterocycles. The highest BCUT2D eigenvalue weighted by atomic mass is 35.5. The van der Waals surface area contributed by atoms with Gasteiger partial charge in [0.2, 0.25) is 5.89 Å². The third-order valence-corrected chi connectivity index (χ3v) is 3.40. The van der Waals surface area contributed by atoms with Crippen LogP contribution >= 0.6 is 11.6 Å². The highest BCUT2D eigenvalue weighted by Crippen LogP contribution is 2.25. The third kappa shape index (κ3) is 4.07. The average molecular weight is 338 g/mol. The van der Waals surface area contributed by atoms with Gasteiger partial charge < -0.3 is 9.73 Å². The number of nitrogens with one attached hydrogen (secondary N) is 1. The Hall–Kier alpha value is -2.41. The van der Waals surface area contributed by atoms with Crippen molar-refractivity contribution in [1.29, 1.82) is 0 Å². The van der Waals surface area contributed by atoms with Gasteiger partial charge in [-0.05, 0) is 12.1 Å². The number of nitrogens with zero attached hydrogens (tertiary/aromatic N) is 2. The molecule has 1 aromatic heterocycles. The lowest BCUT2D eigenvalue weighted by molar-refractivity contribution is -0.384. The molecule has 0 fully saturated rings. The predicted molar refractivity (Wildman–Crippen MR) is 84.5 cm³/mol. The van der Waals surface area contributed by atoms with Crippen molar-refractivity contribution in [3.05, 3.63) is 56.7 Å². The van der Waals surface area contributed by atoms with Gasteiger partial charge in [0.25, 0.3) is 11.6 Å². The molecule has 0 saturated carbocycles. The molecular formula is C15H16ClN3O4. The fraction of sp³-hybridized carbons (Fsp3) is 0.333. The molecule has 8 heteroatoms. The molecule has 0 aliphatic rings. The topological polar surface area (TPSA) is 98.3 Å². The molecule has 23 heavy (non-hydrogen) atoms. The number of nitro benzene ring substituents is 1. The Kier molecular flexibility index (Phi) is 4.70. The van der Waals surface area contributed by atoms with Crippen molar-refractivity contribution >= 4 is 23.2 Å². The number of halogens is 1. The molecular weight excluding hydrogens is 322 g/mol. The van der Waals surface area contributed by atoms with E-state index < -0.39 is 10.8 Å². The molecule has 122 valence electrons. The van der Waals surface area contributed by atoms with E-state index in [1.54, 1.807) is 6.20 Å². The van der Waals surface area contributed by atoms with Crippen LogP contribution in [-0.4, -0.2) is 15.8 Å². The number of hydrogen-bond donors (Lipinski definition) is 1. The fourth-order valence-electron chi connectivity index (χ4n) is 1.79. The first kappa shape index (κ1) is 17.0. The van der Waals surface area contributed by atoms with Crippen LogP contribution in [0, 0.1) is 10.1 Å². The van der Waals surface area contributed by atoms with Gasteiger partial charge in [0.15, 0.2) is 0 Å². The zero-order chi connectivity index (χ0) is 17.2. The van der Waals surface area contributed by atoms with Crippen LogP contribution in [-0.2, 0) is 12.0 Å². The first-order chi connectivity index (χ1) is 10.7. The third-order valence-electron chi connectivity index (χ3n) is 3.10. The Morgan fingerprint density at radius 3 is 2.65 bits per heavy atom. The van der Waals surface area contributed by atoms with E-state index in [2.05, 4.69) is 10.3 Å². The van der Waals surface area contributed by atoms with E-state index in [1.807, 2.05) is 20.8 Å². The lowest BCUT2D eigenvalue weighted by Crippen LogP contribution is -2.23. The summed E-state index contributed by atoms with van der Waals surface area (Å²) >= 11 is 5.79. The van der Waals surface area contributed by atoms with E-state index in [1.165, 1.54) is 18.2 Å².